The molecule has 3 aliphatic rings. The van der Waals surface area contributed by atoms with Gasteiger partial charge < -0.3 is 33.5 Å². The van der Waals surface area contributed by atoms with Crippen molar-refractivity contribution in [3.63, 3.8) is 0 Å². The van der Waals surface area contributed by atoms with Crippen LogP contribution >= 0.6 is 0 Å². The normalized spacial score (nSPS) is 21.5. The summed E-state index contributed by atoms with van der Waals surface area (Å²) in [6, 6.07) is 8.73. The summed E-state index contributed by atoms with van der Waals surface area (Å²) in [6.07, 6.45) is 3.33. The SMILES string of the molecule is Cc1cn(C)nc1C#Cc1cnc(O[C@H]2C[C@@H](C(=O)O)N(c3nc(C(C)C)nc4c3oc3ccccc34)C2)c(N2CCOC3(COC3)[C@@H]2C)c1. The lowest BCUT2D eigenvalue weighted by molar-refractivity contribution is -0.228. The van der Waals surface area contributed by atoms with Crippen LogP contribution in [-0.2, 0) is 21.3 Å². The molecule has 4 aromatic heterocycles. The number of ether oxygens (including phenoxy) is 3. The number of carboxylic acids is 1. The van der Waals surface area contributed by atoms with Crippen LogP contribution in [0.25, 0.3) is 22.1 Å². The number of hydrogen-bond donors (Lipinski definition) is 1. The van der Waals surface area contributed by atoms with E-state index >= 15 is 0 Å². The van der Waals surface area contributed by atoms with Gasteiger partial charge >= 0.3 is 5.97 Å². The third-order valence-electron chi connectivity index (χ3n) is 9.96. The fraction of sp³-hybridized carbons (Fsp3) is 0.432. The summed E-state index contributed by atoms with van der Waals surface area (Å²) in [5.41, 5.74) is 4.55. The first kappa shape index (κ1) is 32.0. The summed E-state index contributed by atoms with van der Waals surface area (Å²) >= 11 is 0. The Hall–Kier alpha value is -5.19. The highest BCUT2D eigenvalue weighted by Crippen LogP contribution is 2.41. The average molecular weight is 678 g/mol. The van der Waals surface area contributed by atoms with E-state index in [1.54, 1.807) is 15.8 Å². The Morgan fingerprint density at radius 1 is 1.16 bits per heavy atom. The van der Waals surface area contributed by atoms with Crippen molar-refractivity contribution in [2.45, 2.75) is 63.8 Å². The maximum atomic E-state index is 12.8. The lowest BCUT2D eigenvalue weighted by Crippen LogP contribution is -2.68. The van der Waals surface area contributed by atoms with E-state index in [0.29, 0.717) is 71.8 Å². The Morgan fingerprint density at radius 3 is 2.70 bits per heavy atom. The highest BCUT2D eigenvalue weighted by Gasteiger charge is 2.50. The van der Waals surface area contributed by atoms with E-state index in [1.807, 2.05) is 64.3 Å². The van der Waals surface area contributed by atoms with Gasteiger partial charge in [-0.05, 0) is 38.0 Å². The first-order valence-electron chi connectivity index (χ1n) is 17.0. The van der Waals surface area contributed by atoms with Crippen molar-refractivity contribution in [3.05, 3.63) is 65.4 Å². The molecule has 0 aliphatic carbocycles. The van der Waals surface area contributed by atoms with E-state index in [-0.39, 0.29) is 24.9 Å². The van der Waals surface area contributed by atoms with Gasteiger partial charge in [-0.25, -0.2) is 19.7 Å². The average Bonchev–Trinajstić information content (AvgIpc) is 3.77. The van der Waals surface area contributed by atoms with E-state index in [0.717, 1.165) is 16.6 Å². The number of carbonyl (C=O) groups is 1. The molecule has 1 N–H and O–H groups in total. The molecular weight excluding hydrogens is 638 g/mol. The van der Waals surface area contributed by atoms with Crippen LogP contribution < -0.4 is 14.5 Å². The molecule has 1 aromatic carbocycles. The topological polar surface area (TPSA) is 141 Å². The molecule has 3 fully saturated rings. The quantitative estimate of drug-likeness (QED) is 0.254. The largest absolute Gasteiger partial charge is 0.480 e. The molecule has 3 atom stereocenters. The number of morpholine rings is 1. The Kier molecular flexibility index (Phi) is 7.88. The van der Waals surface area contributed by atoms with E-state index in [9.17, 15) is 9.90 Å². The zero-order valence-corrected chi connectivity index (χ0v) is 28.7. The van der Waals surface area contributed by atoms with Crippen molar-refractivity contribution >= 4 is 39.5 Å². The molecule has 0 saturated carbocycles. The van der Waals surface area contributed by atoms with E-state index < -0.39 is 23.7 Å². The molecule has 13 heteroatoms. The molecule has 1 spiro atoms. The van der Waals surface area contributed by atoms with Gasteiger partial charge in [0.1, 0.15) is 46.1 Å². The molecule has 3 aliphatic heterocycles. The summed E-state index contributed by atoms with van der Waals surface area (Å²) in [6.45, 7) is 10.6. The van der Waals surface area contributed by atoms with Gasteiger partial charge in [-0.2, -0.15) is 5.10 Å². The van der Waals surface area contributed by atoms with Crippen LogP contribution in [0.5, 0.6) is 5.88 Å². The Balaban J connectivity index is 1.16. The number of aliphatic carboxylic acids is 1. The summed E-state index contributed by atoms with van der Waals surface area (Å²) in [4.78, 5) is 31.3. The first-order chi connectivity index (χ1) is 24.1. The van der Waals surface area contributed by atoms with Crippen molar-refractivity contribution in [3.8, 4) is 17.7 Å². The minimum absolute atomic E-state index is 0.0135. The van der Waals surface area contributed by atoms with Gasteiger partial charge in [0.05, 0.1) is 32.4 Å². The Morgan fingerprint density at radius 2 is 1.98 bits per heavy atom. The van der Waals surface area contributed by atoms with Crippen LogP contribution in [0.4, 0.5) is 11.5 Å². The molecule has 50 heavy (non-hydrogen) atoms. The number of hydrogen-bond acceptors (Lipinski definition) is 11. The first-order valence-corrected chi connectivity index (χ1v) is 17.0. The third-order valence-corrected chi connectivity index (χ3v) is 9.96. The number of benzene rings is 1. The fourth-order valence-electron chi connectivity index (χ4n) is 7.12. The van der Waals surface area contributed by atoms with Crippen molar-refractivity contribution in [1.29, 1.82) is 0 Å². The van der Waals surface area contributed by atoms with E-state index in [4.69, 9.17) is 33.6 Å². The number of furan rings is 1. The molecule has 3 saturated heterocycles. The highest BCUT2D eigenvalue weighted by molar-refractivity contribution is 6.06. The maximum Gasteiger partial charge on any atom is 0.326 e. The van der Waals surface area contributed by atoms with E-state index in [1.165, 1.54) is 0 Å². The predicted molar refractivity (Wildman–Crippen MR) is 186 cm³/mol. The number of carboxylic acid groups (broad SMARTS) is 1. The van der Waals surface area contributed by atoms with Gasteiger partial charge in [-0.15, -0.1) is 0 Å². The fourth-order valence-corrected chi connectivity index (χ4v) is 7.12. The third kappa shape index (κ3) is 5.48. The number of para-hydroxylation sites is 1. The lowest BCUT2D eigenvalue weighted by atomic mass is 9.90. The van der Waals surface area contributed by atoms with Crippen molar-refractivity contribution in [1.82, 2.24) is 24.7 Å². The van der Waals surface area contributed by atoms with Gasteiger partial charge in [-0.3, -0.25) is 4.68 Å². The minimum Gasteiger partial charge on any atom is -0.480 e. The van der Waals surface area contributed by atoms with Crippen LogP contribution in [0, 0.1) is 18.8 Å². The second kappa shape index (κ2) is 12.3. The van der Waals surface area contributed by atoms with Gasteiger partial charge in [0.15, 0.2) is 11.4 Å². The zero-order valence-electron chi connectivity index (χ0n) is 28.7. The van der Waals surface area contributed by atoms with Crippen molar-refractivity contribution in [2.24, 2.45) is 7.05 Å². The number of pyridine rings is 1. The Labute approximate surface area is 289 Å². The lowest BCUT2D eigenvalue weighted by Gasteiger charge is -2.53. The number of aromatic nitrogens is 5. The number of nitrogens with zero attached hydrogens (tertiary/aromatic N) is 7. The molecule has 0 amide bonds. The molecule has 0 unspecified atom stereocenters. The van der Waals surface area contributed by atoms with Gasteiger partial charge in [0.2, 0.25) is 5.88 Å². The van der Waals surface area contributed by atoms with Gasteiger partial charge in [0.25, 0.3) is 0 Å². The minimum atomic E-state index is -0.970. The zero-order chi connectivity index (χ0) is 34.7. The molecular formula is C37H39N7O6. The van der Waals surface area contributed by atoms with Crippen molar-refractivity contribution < 1.29 is 28.5 Å². The molecule has 8 rings (SSSR count). The number of anilines is 2. The summed E-state index contributed by atoms with van der Waals surface area (Å²) in [5, 5.41) is 15.8. The standard InChI is InChI=1S/C37H39N7O6/c1-21(2)33-39-31-26-8-6-7-9-30(26)50-32(31)34(40-33)44-18-25(15-29(44)36(45)46)49-35-28(43-12-13-48-37(23(43)4)19-47-20-37)14-24(16-38-35)10-11-27-22(3)17-42(5)41-27/h6-9,14,16-17,21,23,25,29H,12-13,15,18-20H2,1-5H3,(H,45,46)/t23-,25-,29-/m0/s1. The number of aryl methyl sites for hydroxylation is 2. The van der Waals surface area contributed by atoms with Crippen LogP contribution in [0.2, 0.25) is 0 Å². The van der Waals surface area contributed by atoms with Crippen LogP contribution in [0.3, 0.4) is 0 Å². The highest BCUT2D eigenvalue weighted by atomic mass is 16.6. The number of fused-ring (bicyclic) bond motifs is 3. The second-order valence-corrected chi connectivity index (χ2v) is 13.7. The second-order valence-electron chi connectivity index (χ2n) is 13.7. The summed E-state index contributed by atoms with van der Waals surface area (Å²) in [7, 11) is 1.87. The van der Waals surface area contributed by atoms with E-state index in [2.05, 4.69) is 28.8 Å². The molecule has 7 heterocycles. The summed E-state index contributed by atoms with van der Waals surface area (Å²) < 4.78 is 26.5. The maximum absolute atomic E-state index is 12.8. The summed E-state index contributed by atoms with van der Waals surface area (Å²) in [5.74, 6) is 6.93. The molecule has 5 aromatic rings. The van der Waals surface area contributed by atoms with Crippen LogP contribution in [0.1, 0.15) is 55.8 Å². The number of rotatable bonds is 6. The van der Waals surface area contributed by atoms with Gasteiger partial charge in [-0.1, -0.05) is 31.9 Å². The van der Waals surface area contributed by atoms with Gasteiger partial charge in [0, 0.05) is 54.8 Å². The monoisotopic (exact) mass is 677 g/mol. The Bertz CT molecular complexity index is 2180. The predicted octanol–water partition coefficient (Wildman–Crippen LogP) is 4.44. The molecule has 0 radical (unpaired) electrons. The van der Waals surface area contributed by atoms with Crippen LogP contribution in [-0.4, -0.2) is 92.5 Å². The molecule has 258 valence electrons. The smallest absolute Gasteiger partial charge is 0.326 e. The van der Waals surface area contributed by atoms with Crippen molar-refractivity contribution in [2.75, 3.05) is 42.7 Å². The molecule has 0 bridgehead atoms. The molecule has 13 nitrogen and oxygen atoms in total. The van der Waals surface area contributed by atoms with Crippen LogP contribution in [0.15, 0.2) is 47.1 Å².